The second kappa shape index (κ2) is 13.9. The summed E-state index contributed by atoms with van der Waals surface area (Å²) in [6, 6.07) is 23.0. The number of esters is 1. The summed E-state index contributed by atoms with van der Waals surface area (Å²) in [7, 11) is 0. The summed E-state index contributed by atoms with van der Waals surface area (Å²) in [6.45, 7) is 9.78. The van der Waals surface area contributed by atoms with Gasteiger partial charge in [-0.05, 0) is 71.7 Å². The quantitative estimate of drug-likeness (QED) is 0.192. The number of carbonyl (C=O) groups excluding carboxylic acids is 1. The molecule has 0 spiro atoms. The van der Waals surface area contributed by atoms with Crippen LogP contribution in [0.25, 0.3) is 22.3 Å². The zero-order valence-corrected chi connectivity index (χ0v) is 22.8. The number of rotatable bonds is 14. The normalized spacial score (nSPS) is 11.3. The Morgan fingerprint density at radius 1 is 0.868 bits per heavy atom. The van der Waals surface area contributed by atoms with Crippen LogP contribution in [0.2, 0.25) is 0 Å². The van der Waals surface area contributed by atoms with Crippen LogP contribution in [0.1, 0.15) is 44.7 Å². The Morgan fingerprint density at radius 3 is 2.18 bits per heavy atom. The van der Waals surface area contributed by atoms with Crippen LogP contribution in [-0.4, -0.2) is 42.6 Å². The fraction of sp³-hybridized carbons (Fsp3) is 0.364. The van der Waals surface area contributed by atoms with Gasteiger partial charge in [-0.15, -0.1) is 0 Å². The zero-order chi connectivity index (χ0) is 27.5. The summed E-state index contributed by atoms with van der Waals surface area (Å²) >= 11 is 0. The Labute approximate surface area is 226 Å². The maximum Gasteiger partial charge on any atom is 0.333 e. The fourth-order valence-electron chi connectivity index (χ4n) is 4.42. The summed E-state index contributed by atoms with van der Waals surface area (Å²) in [5.74, 6) is 0.298. The first-order valence-electron chi connectivity index (χ1n) is 13.3. The van der Waals surface area contributed by atoms with Gasteiger partial charge in [0.25, 0.3) is 0 Å². The van der Waals surface area contributed by atoms with Crippen molar-refractivity contribution in [3.8, 4) is 28.0 Å². The van der Waals surface area contributed by atoms with Gasteiger partial charge in [0.1, 0.15) is 5.75 Å². The van der Waals surface area contributed by atoms with E-state index < -0.39 is 11.4 Å². The molecule has 0 aliphatic carbocycles. The van der Waals surface area contributed by atoms with Crippen LogP contribution in [0.3, 0.4) is 0 Å². The van der Waals surface area contributed by atoms with E-state index in [2.05, 4.69) is 56.0 Å². The number of carbonyl (C=O) groups is 1. The Bertz CT molecular complexity index is 1200. The highest BCUT2D eigenvalue weighted by Crippen LogP contribution is 2.33. The van der Waals surface area contributed by atoms with E-state index in [1.54, 1.807) is 6.92 Å². The molecule has 0 heterocycles. The van der Waals surface area contributed by atoms with Gasteiger partial charge < -0.3 is 19.7 Å². The number of aliphatic hydroxyl groups is 2. The minimum absolute atomic E-state index is 0.0925. The minimum atomic E-state index is -0.562. The highest BCUT2D eigenvalue weighted by molar-refractivity contribution is 5.86. The molecule has 0 aliphatic rings. The molecule has 5 nitrogen and oxygen atoms in total. The number of aryl methyl sites for hydroxylation is 1. The first-order valence-corrected chi connectivity index (χ1v) is 13.3. The summed E-state index contributed by atoms with van der Waals surface area (Å²) in [5.41, 5.74) is 6.59. The molecule has 5 heteroatoms. The third kappa shape index (κ3) is 7.33. The highest BCUT2D eigenvalue weighted by atomic mass is 16.5. The van der Waals surface area contributed by atoms with Crippen molar-refractivity contribution >= 4 is 5.97 Å². The smallest absolute Gasteiger partial charge is 0.333 e. The summed E-state index contributed by atoms with van der Waals surface area (Å²) < 4.78 is 11.5. The van der Waals surface area contributed by atoms with Gasteiger partial charge in [0.15, 0.2) is 0 Å². The maximum atomic E-state index is 11.9. The Balaban J connectivity index is 1.89. The van der Waals surface area contributed by atoms with Gasteiger partial charge in [-0.1, -0.05) is 75.0 Å². The predicted molar refractivity (Wildman–Crippen MR) is 153 cm³/mol. The van der Waals surface area contributed by atoms with Crippen LogP contribution in [0, 0.1) is 5.41 Å². The maximum absolute atomic E-state index is 11.9. The van der Waals surface area contributed by atoms with E-state index in [1.165, 1.54) is 16.7 Å². The van der Waals surface area contributed by atoms with E-state index in [0.29, 0.717) is 37.2 Å². The number of hydrogen-bond acceptors (Lipinski definition) is 5. The number of ether oxygens (including phenoxy) is 2. The van der Waals surface area contributed by atoms with Crippen molar-refractivity contribution in [2.75, 3.05) is 26.4 Å². The molecule has 3 aromatic carbocycles. The molecule has 2 N–H and O–H groups in total. The number of aliphatic hydroxyl groups excluding tert-OH is 2. The lowest BCUT2D eigenvalue weighted by atomic mass is 9.84. The van der Waals surface area contributed by atoms with Crippen LogP contribution in [0.5, 0.6) is 5.75 Å². The summed E-state index contributed by atoms with van der Waals surface area (Å²) in [6.07, 6.45) is 2.57. The predicted octanol–water partition coefficient (Wildman–Crippen LogP) is 6.39. The van der Waals surface area contributed by atoms with Crippen LogP contribution in [0.15, 0.2) is 78.9 Å². The summed E-state index contributed by atoms with van der Waals surface area (Å²) in [4.78, 5) is 11.9. The van der Waals surface area contributed by atoms with Crippen molar-refractivity contribution in [3.63, 3.8) is 0 Å². The minimum Gasteiger partial charge on any atom is -0.493 e. The van der Waals surface area contributed by atoms with Gasteiger partial charge in [-0.25, -0.2) is 4.79 Å². The van der Waals surface area contributed by atoms with E-state index in [1.807, 2.05) is 31.2 Å². The lowest BCUT2D eigenvalue weighted by Crippen LogP contribution is -2.31. The molecule has 0 bridgehead atoms. The van der Waals surface area contributed by atoms with Gasteiger partial charge in [-0.2, -0.15) is 0 Å². The van der Waals surface area contributed by atoms with E-state index in [9.17, 15) is 15.0 Å². The molecule has 0 aromatic heterocycles. The lowest BCUT2D eigenvalue weighted by molar-refractivity contribution is -0.138. The van der Waals surface area contributed by atoms with Crippen molar-refractivity contribution < 1.29 is 24.5 Å². The lowest BCUT2D eigenvalue weighted by Gasteiger charge is -2.28. The third-order valence-corrected chi connectivity index (χ3v) is 7.23. The first-order chi connectivity index (χ1) is 18.4. The van der Waals surface area contributed by atoms with Crippen molar-refractivity contribution in [2.24, 2.45) is 5.41 Å². The van der Waals surface area contributed by atoms with E-state index >= 15 is 0 Å². The van der Waals surface area contributed by atoms with Crippen molar-refractivity contribution in [2.45, 2.75) is 46.5 Å². The van der Waals surface area contributed by atoms with E-state index in [-0.39, 0.29) is 19.8 Å². The molecule has 0 unspecified atom stereocenters. The third-order valence-electron chi connectivity index (χ3n) is 7.23. The fourth-order valence-corrected chi connectivity index (χ4v) is 4.42. The zero-order valence-electron chi connectivity index (χ0n) is 22.8. The SMILES string of the molecule is C=C(C)C(=O)OCCc1cc(-c2ccc(-c3ccccc3)cc2CC)ccc1OCCC(CC)(CO)CO. The Hall–Kier alpha value is -3.41. The molecule has 0 fully saturated rings. The van der Waals surface area contributed by atoms with Crippen molar-refractivity contribution in [3.05, 3.63) is 90.0 Å². The average molecular weight is 517 g/mol. The Morgan fingerprint density at radius 2 is 1.55 bits per heavy atom. The molecule has 202 valence electrons. The number of hydrogen-bond donors (Lipinski definition) is 2. The molecule has 0 amide bonds. The van der Waals surface area contributed by atoms with Crippen molar-refractivity contribution in [1.82, 2.24) is 0 Å². The largest absolute Gasteiger partial charge is 0.493 e. The molecule has 0 radical (unpaired) electrons. The van der Waals surface area contributed by atoms with Gasteiger partial charge in [0.05, 0.1) is 26.4 Å². The van der Waals surface area contributed by atoms with Crippen LogP contribution < -0.4 is 4.74 Å². The Kier molecular flexibility index (Phi) is 10.7. The summed E-state index contributed by atoms with van der Waals surface area (Å²) in [5, 5.41) is 19.5. The van der Waals surface area contributed by atoms with Gasteiger partial charge in [0.2, 0.25) is 0 Å². The first kappa shape index (κ1) is 29.2. The van der Waals surface area contributed by atoms with E-state index in [4.69, 9.17) is 9.47 Å². The molecular formula is C33H40O5. The van der Waals surface area contributed by atoms with Gasteiger partial charge in [0, 0.05) is 17.4 Å². The molecule has 3 aromatic rings. The van der Waals surface area contributed by atoms with Crippen LogP contribution in [0.4, 0.5) is 0 Å². The second-order valence-corrected chi connectivity index (χ2v) is 9.85. The second-order valence-electron chi connectivity index (χ2n) is 9.85. The standard InChI is InChI=1S/C33H40O5/c1-5-25-20-27(26-10-8-7-9-11-26)12-14-30(25)28-13-15-31(37-19-17-33(6-2,22-34)23-35)29(21-28)16-18-38-32(36)24(3)4/h7-15,20-21,34-35H,3,5-6,16-19,22-23H2,1-2,4H3. The van der Waals surface area contributed by atoms with Gasteiger partial charge in [-0.3, -0.25) is 0 Å². The van der Waals surface area contributed by atoms with Crippen LogP contribution >= 0.6 is 0 Å². The molecular weight excluding hydrogens is 476 g/mol. The topological polar surface area (TPSA) is 76.0 Å². The highest BCUT2D eigenvalue weighted by Gasteiger charge is 2.26. The van der Waals surface area contributed by atoms with Gasteiger partial charge >= 0.3 is 5.97 Å². The van der Waals surface area contributed by atoms with E-state index in [0.717, 1.165) is 23.1 Å². The van der Waals surface area contributed by atoms with Crippen molar-refractivity contribution in [1.29, 1.82) is 0 Å². The molecule has 0 saturated carbocycles. The molecule has 0 saturated heterocycles. The molecule has 0 atom stereocenters. The average Bonchev–Trinajstić information content (AvgIpc) is 2.96. The molecule has 3 rings (SSSR count). The molecule has 38 heavy (non-hydrogen) atoms. The van der Waals surface area contributed by atoms with Crippen LogP contribution in [-0.2, 0) is 22.4 Å². The number of benzene rings is 3. The monoisotopic (exact) mass is 516 g/mol. The molecule has 0 aliphatic heterocycles.